The van der Waals surface area contributed by atoms with Gasteiger partial charge in [-0.25, -0.2) is 0 Å². The van der Waals surface area contributed by atoms with Gasteiger partial charge in [0.25, 0.3) is 5.91 Å². The maximum atomic E-state index is 13.2. The molecule has 0 spiro atoms. The maximum Gasteiger partial charge on any atom is 0.257 e. The van der Waals surface area contributed by atoms with Crippen molar-refractivity contribution >= 4 is 34.4 Å². The van der Waals surface area contributed by atoms with Crippen LogP contribution in [0.15, 0.2) is 18.3 Å². The Bertz CT molecular complexity index is 1260. The molecule has 6 rings (SSSR count). The number of hydrogen-bond donors (Lipinski definition) is 3. The number of nitrogens with zero attached hydrogens (tertiary/aromatic N) is 3. The topological polar surface area (TPSA) is 114 Å². The minimum Gasteiger partial charge on any atom is -0.485 e. The van der Waals surface area contributed by atoms with E-state index in [0.29, 0.717) is 74.3 Å². The van der Waals surface area contributed by atoms with Crippen LogP contribution in [0.2, 0.25) is 0 Å². The quantitative estimate of drug-likeness (QED) is 0.490. The summed E-state index contributed by atoms with van der Waals surface area (Å²) < 4.78 is 17.3. The van der Waals surface area contributed by atoms with Crippen molar-refractivity contribution in [3.63, 3.8) is 0 Å². The second-order valence-corrected chi connectivity index (χ2v) is 9.62. The highest BCUT2D eigenvalue weighted by atomic mass is 16.6. The average molecular weight is 493 g/mol. The standard InChI is InChI=1S/C26H32N6O4/c1-16-15-27-23-20(16)24(28-17-5-3-2-4-6-17)31-26(30-23)29-19-8-7-18(21-22(19)36-14-13-35-21)25(33)32-9-11-34-12-10-32/h7-8,15,17H,2-6,9-14H2,1H3,(H3,27,28,29,30,31). The van der Waals surface area contributed by atoms with Crippen molar-refractivity contribution in [3.05, 3.63) is 29.5 Å². The van der Waals surface area contributed by atoms with Gasteiger partial charge in [0.2, 0.25) is 5.95 Å². The predicted molar refractivity (Wildman–Crippen MR) is 137 cm³/mol. The Labute approximate surface area is 209 Å². The number of amides is 1. The van der Waals surface area contributed by atoms with Gasteiger partial charge in [0.1, 0.15) is 24.7 Å². The number of aromatic nitrogens is 3. The lowest BCUT2D eigenvalue weighted by atomic mass is 9.95. The fraction of sp³-hybridized carbons (Fsp3) is 0.500. The minimum atomic E-state index is -0.0786. The molecule has 0 radical (unpaired) electrons. The third kappa shape index (κ3) is 4.41. The van der Waals surface area contributed by atoms with Crippen LogP contribution in [0.5, 0.6) is 11.5 Å². The lowest BCUT2D eigenvalue weighted by Gasteiger charge is -2.29. The SMILES string of the molecule is Cc1c[nH]c2nc(Nc3ccc(C(=O)N4CCOCC4)c4c3OCCO4)nc(NC3CCCCC3)c12. The number of aromatic amines is 1. The molecule has 2 fully saturated rings. The Morgan fingerprint density at radius 3 is 2.61 bits per heavy atom. The van der Waals surface area contributed by atoms with Gasteiger partial charge >= 0.3 is 0 Å². The molecule has 2 aromatic heterocycles. The molecule has 0 bridgehead atoms. The van der Waals surface area contributed by atoms with E-state index in [4.69, 9.17) is 24.2 Å². The summed E-state index contributed by atoms with van der Waals surface area (Å²) in [5.74, 6) is 2.17. The second kappa shape index (κ2) is 9.85. The molecule has 1 amide bonds. The van der Waals surface area contributed by atoms with Crippen LogP contribution in [-0.4, -0.2) is 71.3 Å². The summed E-state index contributed by atoms with van der Waals surface area (Å²) >= 11 is 0. The van der Waals surface area contributed by atoms with Crippen LogP contribution >= 0.6 is 0 Å². The first-order valence-corrected chi connectivity index (χ1v) is 12.9. The molecule has 36 heavy (non-hydrogen) atoms. The van der Waals surface area contributed by atoms with Crippen LogP contribution in [0.1, 0.15) is 48.0 Å². The first-order valence-electron chi connectivity index (χ1n) is 12.9. The van der Waals surface area contributed by atoms with Gasteiger partial charge in [-0.2, -0.15) is 9.97 Å². The summed E-state index contributed by atoms with van der Waals surface area (Å²) in [5.41, 5.74) is 3.03. The zero-order chi connectivity index (χ0) is 24.5. The van der Waals surface area contributed by atoms with Gasteiger partial charge in [-0.05, 0) is 37.5 Å². The molecule has 1 saturated heterocycles. The number of morpholine rings is 1. The molecule has 3 aliphatic rings. The number of benzene rings is 1. The molecule has 0 atom stereocenters. The third-order valence-electron chi connectivity index (χ3n) is 7.14. The van der Waals surface area contributed by atoms with E-state index in [0.717, 1.165) is 35.3 Å². The first-order chi connectivity index (χ1) is 17.7. The maximum absolute atomic E-state index is 13.2. The van der Waals surface area contributed by atoms with Gasteiger partial charge in [-0.15, -0.1) is 0 Å². The van der Waals surface area contributed by atoms with Crippen molar-refractivity contribution in [3.8, 4) is 11.5 Å². The molecule has 190 valence electrons. The Morgan fingerprint density at radius 1 is 1.03 bits per heavy atom. The normalized spacial score (nSPS) is 18.3. The van der Waals surface area contributed by atoms with Crippen molar-refractivity contribution in [2.24, 2.45) is 0 Å². The molecule has 0 unspecified atom stereocenters. The monoisotopic (exact) mass is 492 g/mol. The molecule has 2 aliphatic heterocycles. The van der Waals surface area contributed by atoms with Gasteiger partial charge in [-0.3, -0.25) is 4.79 Å². The number of anilines is 3. The summed E-state index contributed by atoms with van der Waals surface area (Å²) in [7, 11) is 0. The molecule has 1 aromatic carbocycles. The molecule has 1 saturated carbocycles. The smallest absolute Gasteiger partial charge is 0.257 e. The van der Waals surface area contributed by atoms with Crippen molar-refractivity contribution in [1.82, 2.24) is 19.9 Å². The number of nitrogens with one attached hydrogen (secondary N) is 3. The Hall–Kier alpha value is -3.53. The van der Waals surface area contributed by atoms with Gasteiger partial charge in [0.05, 0.1) is 29.9 Å². The summed E-state index contributed by atoms with van der Waals surface area (Å²) in [5, 5.41) is 8.01. The highest BCUT2D eigenvalue weighted by Crippen LogP contribution is 2.42. The fourth-order valence-electron chi connectivity index (χ4n) is 5.25. The summed E-state index contributed by atoms with van der Waals surface area (Å²) in [6, 6.07) is 4.03. The molecular weight excluding hydrogens is 460 g/mol. The van der Waals surface area contributed by atoms with Crippen LogP contribution in [0.25, 0.3) is 11.0 Å². The summed E-state index contributed by atoms with van der Waals surface area (Å²) in [4.78, 5) is 27.8. The van der Waals surface area contributed by atoms with E-state index in [2.05, 4.69) is 22.5 Å². The molecule has 3 aromatic rings. The molecule has 4 heterocycles. The summed E-state index contributed by atoms with van der Waals surface area (Å²) in [6.07, 6.45) is 8.03. The van der Waals surface area contributed by atoms with E-state index in [1.165, 1.54) is 19.3 Å². The van der Waals surface area contributed by atoms with Crippen molar-refractivity contribution in [1.29, 1.82) is 0 Å². The van der Waals surface area contributed by atoms with Gasteiger partial charge < -0.3 is 34.7 Å². The number of fused-ring (bicyclic) bond motifs is 2. The molecule has 3 N–H and O–H groups in total. The van der Waals surface area contributed by atoms with E-state index in [9.17, 15) is 4.79 Å². The Balaban J connectivity index is 1.32. The number of carbonyl (C=O) groups excluding carboxylic acids is 1. The van der Waals surface area contributed by atoms with E-state index >= 15 is 0 Å². The number of carbonyl (C=O) groups is 1. The fourth-order valence-corrected chi connectivity index (χ4v) is 5.25. The van der Waals surface area contributed by atoms with E-state index in [-0.39, 0.29) is 5.91 Å². The van der Waals surface area contributed by atoms with Crippen LogP contribution in [0.3, 0.4) is 0 Å². The van der Waals surface area contributed by atoms with Crippen molar-refractivity contribution in [2.75, 3.05) is 50.2 Å². The highest BCUT2D eigenvalue weighted by molar-refractivity contribution is 5.99. The Morgan fingerprint density at radius 2 is 1.81 bits per heavy atom. The van der Waals surface area contributed by atoms with Gasteiger partial charge in [0, 0.05) is 25.3 Å². The molecule has 10 heteroatoms. The van der Waals surface area contributed by atoms with Gasteiger partial charge in [0.15, 0.2) is 11.5 Å². The van der Waals surface area contributed by atoms with Gasteiger partial charge in [-0.1, -0.05) is 19.3 Å². The van der Waals surface area contributed by atoms with Crippen LogP contribution < -0.4 is 20.1 Å². The van der Waals surface area contributed by atoms with E-state index in [1.807, 2.05) is 12.3 Å². The highest BCUT2D eigenvalue weighted by Gasteiger charge is 2.28. The predicted octanol–water partition coefficient (Wildman–Crippen LogP) is 4.00. The summed E-state index contributed by atoms with van der Waals surface area (Å²) in [6.45, 7) is 5.07. The van der Waals surface area contributed by atoms with Crippen LogP contribution in [0, 0.1) is 6.92 Å². The zero-order valence-electron chi connectivity index (χ0n) is 20.6. The minimum absolute atomic E-state index is 0.0786. The number of H-pyrrole nitrogens is 1. The molecule has 1 aliphatic carbocycles. The lowest BCUT2D eigenvalue weighted by molar-refractivity contribution is 0.0298. The van der Waals surface area contributed by atoms with E-state index in [1.54, 1.807) is 11.0 Å². The number of rotatable bonds is 5. The van der Waals surface area contributed by atoms with Crippen molar-refractivity contribution < 1.29 is 19.0 Å². The third-order valence-corrected chi connectivity index (χ3v) is 7.14. The number of hydrogen-bond acceptors (Lipinski definition) is 8. The lowest BCUT2D eigenvalue weighted by Crippen LogP contribution is -2.41. The van der Waals surface area contributed by atoms with Crippen molar-refractivity contribution in [2.45, 2.75) is 45.1 Å². The zero-order valence-corrected chi connectivity index (χ0v) is 20.6. The average Bonchev–Trinajstić information content (AvgIpc) is 3.30. The van der Waals surface area contributed by atoms with E-state index < -0.39 is 0 Å². The largest absolute Gasteiger partial charge is 0.485 e. The second-order valence-electron chi connectivity index (χ2n) is 9.62. The van der Waals surface area contributed by atoms with Crippen LogP contribution in [0.4, 0.5) is 17.5 Å². The first kappa shape index (κ1) is 22.9. The molecular formula is C26H32N6O4. The Kier molecular flexibility index (Phi) is 6.27. The molecule has 10 nitrogen and oxygen atoms in total. The number of aryl methyl sites for hydroxylation is 1. The van der Waals surface area contributed by atoms with Crippen LogP contribution in [-0.2, 0) is 4.74 Å². The number of ether oxygens (including phenoxy) is 3.